The Morgan fingerprint density at radius 1 is 1.26 bits per heavy atom. The van der Waals surface area contributed by atoms with Crippen molar-refractivity contribution in [3.63, 3.8) is 0 Å². The van der Waals surface area contributed by atoms with E-state index in [9.17, 15) is 0 Å². The van der Waals surface area contributed by atoms with Crippen LogP contribution in [0.4, 0.5) is 0 Å². The summed E-state index contributed by atoms with van der Waals surface area (Å²) < 4.78 is 12.4. The van der Waals surface area contributed by atoms with Gasteiger partial charge in [-0.2, -0.15) is 0 Å². The summed E-state index contributed by atoms with van der Waals surface area (Å²) in [6, 6.07) is 8.24. The number of rotatable bonds is 4. The third-order valence-corrected chi connectivity index (χ3v) is 3.69. The molecule has 0 bridgehead atoms. The van der Waals surface area contributed by atoms with Crippen molar-refractivity contribution in [3.8, 4) is 5.75 Å². The molecule has 1 aromatic carbocycles. The van der Waals surface area contributed by atoms with Gasteiger partial charge in [-0.1, -0.05) is 15.9 Å². The molecule has 100 valence electrons. The van der Waals surface area contributed by atoms with Crippen LogP contribution in [-0.4, -0.2) is 6.61 Å². The molecule has 0 amide bonds. The fourth-order valence-electron chi connectivity index (χ4n) is 2.38. The Hall–Kier alpha value is -1.26. The summed E-state index contributed by atoms with van der Waals surface area (Å²) in [5.74, 6) is 2.96. The number of aryl methyl sites for hydroxylation is 1. The standard InChI is InChI=1S/C15H16BrNO2/c1-10-2-3-14(19-10)9-17-8-12-7-13(16)6-11-4-5-18-15(11)12/h2-3,6-7,17H,4-5,8-9H2,1H3. The van der Waals surface area contributed by atoms with Gasteiger partial charge in [-0.3, -0.25) is 0 Å². The molecule has 3 nitrogen and oxygen atoms in total. The topological polar surface area (TPSA) is 34.4 Å². The van der Waals surface area contributed by atoms with E-state index in [0.29, 0.717) is 0 Å². The average molecular weight is 322 g/mol. The Bertz CT molecular complexity index is 592. The summed E-state index contributed by atoms with van der Waals surface area (Å²) in [5.41, 5.74) is 2.49. The molecule has 0 radical (unpaired) electrons. The van der Waals surface area contributed by atoms with Crippen LogP contribution < -0.4 is 10.1 Å². The molecular formula is C15H16BrNO2. The second-order valence-electron chi connectivity index (χ2n) is 4.77. The molecule has 4 heteroatoms. The molecule has 0 aliphatic carbocycles. The monoisotopic (exact) mass is 321 g/mol. The fourth-order valence-corrected chi connectivity index (χ4v) is 2.93. The van der Waals surface area contributed by atoms with Gasteiger partial charge in [0.1, 0.15) is 17.3 Å². The molecule has 1 aliphatic heterocycles. The minimum atomic E-state index is 0.731. The predicted octanol–water partition coefficient (Wildman–Crippen LogP) is 3.58. The molecule has 1 aromatic heterocycles. The summed E-state index contributed by atoms with van der Waals surface area (Å²) in [5, 5.41) is 3.39. The maximum Gasteiger partial charge on any atom is 0.127 e. The van der Waals surface area contributed by atoms with Crippen molar-refractivity contribution in [2.75, 3.05) is 6.61 Å². The van der Waals surface area contributed by atoms with Crippen LogP contribution in [0.3, 0.4) is 0 Å². The van der Waals surface area contributed by atoms with Crippen LogP contribution in [0.15, 0.2) is 33.2 Å². The summed E-state index contributed by atoms with van der Waals surface area (Å²) >= 11 is 3.55. The van der Waals surface area contributed by atoms with Crippen molar-refractivity contribution >= 4 is 15.9 Å². The average Bonchev–Trinajstić information content (AvgIpc) is 2.98. The zero-order chi connectivity index (χ0) is 13.2. The van der Waals surface area contributed by atoms with Gasteiger partial charge in [-0.25, -0.2) is 0 Å². The van der Waals surface area contributed by atoms with Gasteiger partial charge in [-0.05, 0) is 36.8 Å². The van der Waals surface area contributed by atoms with E-state index < -0.39 is 0 Å². The highest BCUT2D eigenvalue weighted by Gasteiger charge is 2.17. The first-order chi connectivity index (χ1) is 9.22. The van der Waals surface area contributed by atoms with Gasteiger partial charge >= 0.3 is 0 Å². The second kappa shape index (κ2) is 5.39. The van der Waals surface area contributed by atoms with E-state index in [4.69, 9.17) is 9.15 Å². The Kier molecular flexibility index (Phi) is 3.62. The number of hydrogen-bond donors (Lipinski definition) is 1. The summed E-state index contributed by atoms with van der Waals surface area (Å²) in [7, 11) is 0. The first-order valence-corrected chi connectivity index (χ1v) is 7.22. The molecule has 2 aromatic rings. The maximum absolute atomic E-state index is 5.71. The van der Waals surface area contributed by atoms with E-state index >= 15 is 0 Å². The SMILES string of the molecule is Cc1ccc(CNCc2cc(Br)cc3c2OCC3)o1. The van der Waals surface area contributed by atoms with Crippen LogP contribution in [0.5, 0.6) is 5.75 Å². The van der Waals surface area contributed by atoms with E-state index in [0.717, 1.165) is 47.9 Å². The number of nitrogens with one attached hydrogen (secondary N) is 1. The van der Waals surface area contributed by atoms with E-state index in [1.165, 1.54) is 11.1 Å². The lowest BCUT2D eigenvalue weighted by Gasteiger charge is -2.09. The lowest BCUT2D eigenvalue weighted by atomic mass is 10.1. The minimum Gasteiger partial charge on any atom is -0.493 e. The highest BCUT2D eigenvalue weighted by molar-refractivity contribution is 9.10. The zero-order valence-electron chi connectivity index (χ0n) is 10.8. The highest BCUT2D eigenvalue weighted by Crippen LogP contribution is 2.32. The molecule has 0 unspecified atom stereocenters. The van der Waals surface area contributed by atoms with Crippen molar-refractivity contribution in [1.29, 1.82) is 0 Å². The lowest BCUT2D eigenvalue weighted by Crippen LogP contribution is -2.12. The normalized spacial score (nSPS) is 13.4. The minimum absolute atomic E-state index is 0.731. The Morgan fingerprint density at radius 2 is 2.16 bits per heavy atom. The maximum atomic E-state index is 5.71. The quantitative estimate of drug-likeness (QED) is 0.934. The van der Waals surface area contributed by atoms with Crippen LogP contribution in [0.2, 0.25) is 0 Å². The van der Waals surface area contributed by atoms with Crippen LogP contribution in [0, 0.1) is 6.92 Å². The lowest BCUT2D eigenvalue weighted by molar-refractivity contribution is 0.352. The number of hydrogen-bond acceptors (Lipinski definition) is 3. The molecule has 1 N–H and O–H groups in total. The molecule has 0 spiro atoms. The Balaban J connectivity index is 1.67. The van der Waals surface area contributed by atoms with E-state index in [-0.39, 0.29) is 0 Å². The molecule has 0 atom stereocenters. The molecule has 19 heavy (non-hydrogen) atoms. The fraction of sp³-hybridized carbons (Fsp3) is 0.333. The third-order valence-electron chi connectivity index (χ3n) is 3.24. The van der Waals surface area contributed by atoms with Crippen molar-refractivity contribution in [3.05, 3.63) is 51.4 Å². The molecule has 0 fully saturated rings. The van der Waals surface area contributed by atoms with Crippen LogP contribution in [0.25, 0.3) is 0 Å². The molecule has 0 saturated carbocycles. The van der Waals surface area contributed by atoms with E-state index in [2.05, 4.69) is 33.4 Å². The van der Waals surface area contributed by atoms with E-state index in [1.54, 1.807) is 0 Å². The summed E-state index contributed by atoms with van der Waals surface area (Å²) in [6.07, 6.45) is 0.999. The van der Waals surface area contributed by atoms with Crippen LogP contribution >= 0.6 is 15.9 Å². The molecule has 0 saturated heterocycles. The molecular weight excluding hydrogens is 306 g/mol. The van der Waals surface area contributed by atoms with Gasteiger partial charge in [-0.15, -0.1) is 0 Å². The summed E-state index contributed by atoms with van der Waals surface area (Å²) in [4.78, 5) is 0. The second-order valence-corrected chi connectivity index (χ2v) is 5.68. The molecule has 3 rings (SSSR count). The zero-order valence-corrected chi connectivity index (χ0v) is 12.4. The summed E-state index contributed by atoms with van der Waals surface area (Å²) in [6.45, 7) is 4.26. The number of fused-ring (bicyclic) bond motifs is 1. The first-order valence-electron chi connectivity index (χ1n) is 6.42. The van der Waals surface area contributed by atoms with Crippen molar-refractivity contribution in [2.45, 2.75) is 26.4 Å². The predicted molar refractivity (Wildman–Crippen MR) is 77.3 cm³/mol. The van der Waals surface area contributed by atoms with Crippen molar-refractivity contribution in [1.82, 2.24) is 5.32 Å². The van der Waals surface area contributed by atoms with Gasteiger partial charge in [0, 0.05) is 23.0 Å². The number of ether oxygens (including phenoxy) is 1. The van der Waals surface area contributed by atoms with Gasteiger partial charge in [0.25, 0.3) is 0 Å². The van der Waals surface area contributed by atoms with Gasteiger partial charge in [0.05, 0.1) is 13.2 Å². The first kappa shape index (κ1) is 12.8. The molecule has 2 heterocycles. The van der Waals surface area contributed by atoms with Gasteiger partial charge < -0.3 is 14.5 Å². The smallest absolute Gasteiger partial charge is 0.127 e. The Labute approximate surface area is 121 Å². The largest absolute Gasteiger partial charge is 0.493 e. The number of furan rings is 1. The highest BCUT2D eigenvalue weighted by atomic mass is 79.9. The van der Waals surface area contributed by atoms with Crippen molar-refractivity contribution < 1.29 is 9.15 Å². The number of halogens is 1. The van der Waals surface area contributed by atoms with E-state index in [1.807, 2.05) is 19.1 Å². The Morgan fingerprint density at radius 3 is 2.95 bits per heavy atom. The van der Waals surface area contributed by atoms with Crippen LogP contribution in [0.1, 0.15) is 22.6 Å². The van der Waals surface area contributed by atoms with Gasteiger partial charge in [0.15, 0.2) is 0 Å². The molecule has 1 aliphatic rings. The third kappa shape index (κ3) is 2.85. The van der Waals surface area contributed by atoms with Crippen molar-refractivity contribution in [2.24, 2.45) is 0 Å². The van der Waals surface area contributed by atoms with Crippen LogP contribution in [-0.2, 0) is 19.5 Å². The number of benzene rings is 1. The van der Waals surface area contributed by atoms with Gasteiger partial charge in [0.2, 0.25) is 0 Å².